The molecule has 1 N–H and O–H groups in total. The van der Waals surface area contributed by atoms with Crippen LogP contribution in [0.1, 0.15) is 23.8 Å². The molecule has 1 aliphatic heterocycles. The summed E-state index contributed by atoms with van der Waals surface area (Å²) in [5.74, 6) is -1.25. The van der Waals surface area contributed by atoms with Crippen molar-refractivity contribution in [2.24, 2.45) is 0 Å². The number of carbonyl (C=O) groups is 3. The van der Waals surface area contributed by atoms with Crippen molar-refractivity contribution in [1.29, 1.82) is 0 Å². The van der Waals surface area contributed by atoms with Crippen molar-refractivity contribution >= 4 is 40.1 Å². The van der Waals surface area contributed by atoms with E-state index in [9.17, 15) is 14.4 Å². The molecule has 29 heavy (non-hydrogen) atoms. The fourth-order valence-corrected chi connectivity index (χ4v) is 3.42. The highest BCUT2D eigenvalue weighted by atomic mass is 16.5. The number of carbonyl (C=O) groups excluding carboxylic acids is 3. The summed E-state index contributed by atoms with van der Waals surface area (Å²) in [6, 6.07) is 17.5. The van der Waals surface area contributed by atoms with Crippen LogP contribution in [0.3, 0.4) is 0 Å². The third kappa shape index (κ3) is 3.80. The van der Waals surface area contributed by atoms with Gasteiger partial charge in [-0.1, -0.05) is 36.4 Å². The second-order valence-corrected chi connectivity index (χ2v) is 6.85. The maximum absolute atomic E-state index is 12.9. The van der Waals surface area contributed by atoms with Gasteiger partial charge in [-0.25, -0.2) is 9.78 Å². The molecule has 146 valence electrons. The average molecular weight is 389 g/mol. The Balaban J connectivity index is 1.51. The van der Waals surface area contributed by atoms with Crippen LogP contribution in [-0.2, 0) is 14.3 Å². The Morgan fingerprint density at radius 3 is 2.72 bits per heavy atom. The van der Waals surface area contributed by atoms with Gasteiger partial charge in [-0.05, 0) is 31.2 Å². The summed E-state index contributed by atoms with van der Waals surface area (Å²) in [6.07, 6.45) is 0.153. The van der Waals surface area contributed by atoms with E-state index in [4.69, 9.17) is 4.74 Å². The van der Waals surface area contributed by atoms with E-state index in [1.807, 2.05) is 18.2 Å². The fraction of sp³-hybridized carbons (Fsp3) is 0.182. The first-order valence-electron chi connectivity index (χ1n) is 9.27. The lowest BCUT2D eigenvalue weighted by Crippen LogP contribution is -2.41. The van der Waals surface area contributed by atoms with E-state index in [0.29, 0.717) is 16.9 Å². The largest absolute Gasteiger partial charge is 0.451 e. The molecule has 0 aliphatic carbocycles. The lowest BCUT2D eigenvalue weighted by molar-refractivity contribution is -0.122. The van der Waals surface area contributed by atoms with Crippen molar-refractivity contribution in [3.63, 3.8) is 0 Å². The first kappa shape index (κ1) is 18.6. The van der Waals surface area contributed by atoms with Crippen LogP contribution < -0.4 is 10.2 Å². The van der Waals surface area contributed by atoms with E-state index in [1.54, 1.807) is 49.4 Å². The topological polar surface area (TPSA) is 88.6 Å². The molecule has 1 aliphatic rings. The third-order valence-electron chi connectivity index (χ3n) is 4.76. The standard InChI is InChI=1S/C22H19N3O4/c1-14-12-20(26)24-17-8-4-5-9-19(17)25(14)21(27)13-29-22(28)18-11-10-15-6-2-3-7-16(15)23-18/h2-11,14H,12-13H2,1H3,(H,24,26)/t14-/m1/s1. The molecule has 0 saturated heterocycles. The molecular formula is C22H19N3O4. The zero-order valence-electron chi connectivity index (χ0n) is 15.8. The second kappa shape index (κ2) is 7.71. The van der Waals surface area contributed by atoms with Gasteiger partial charge in [0.1, 0.15) is 5.69 Å². The number of rotatable bonds is 3. The molecule has 1 aromatic heterocycles. The van der Waals surface area contributed by atoms with Crippen LogP contribution in [0.5, 0.6) is 0 Å². The van der Waals surface area contributed by atoms with E-state index >= 15 is 0 Å². The number of para-hydroxylation sites is 3. The fourth-order valence-electron chi connectivity index (χ4n) is 3.42. The third-order valence-corrected chi connectivity index (χ3v) is 4.76. The van der Waals surface area contributed by atoms with Gasteiger partial charge in [0.25, 0.3) is 5.91 Å². The van der Waals surface area contributed by atoms with Gasteiger partial charge in [0.05, 0.1) is 16.9 Å². The Hall–Kier alpha value is -3.74. The lowest BCUT2D eigenvalue weighted by Gasteiger charge is -2.27. The molecule has 0 spiro atoms. The number of anilines is 2. The SMILES string of the molecule is C[C@@H]1CC(=O)Nc2ccccc2N1C(=O)COC(=O)c1ccc2ccccc2n1. The molecule has 0 saturated carbocycles. The number of benzene rings is 2. The monoisotopic (exact) mass is 389 g/mol. The molecule has 2 heterocycles. The minimum absolute atomic E-state index is 0.137. The number of nitrogens with one attached hydrogen (secondary N) is 1. The highest BCUT2D eigenvalue weighted by molar-refractivity contribution is 6.05. The number of amides is 2. The van der Waals surface area contributed by atoms with Crippen molar-refractivity contribution in [2.75, 3.05) is 16.8 Å². The Labute approximate surface area is 167 Å². The lowest BCUT2D eigenvalue weighted by atomic mass is 10.1. The van der Waals surface area contributed by atoms with Gasteiger partial charge in [-0.2, -0.15) is 0 Å². The van der Waals surface area contributed by atoms with Crippen LogP contribution in [0.15, 0.2) is 60.7 Å². The number of aromatic nitrogens is 1. The Morgan fingerprint density at radius 1 is 1.10 bits per heavy atom. The van der Waals surface area contributed by atoms with Crippen LogP contribution in [0.2, 0.25) is 0 Å². The predicted molar refractivity (Wildman–Crippen MR) is 109 cm³/mol. The zero-order valence-corrected chi connectivity index (χ0v) is 15.8. The van der Waals surface area contributed by atoms with Gasteiger partial charge < -0.3 is 15.0 Å². The zero-order chi connectivity index (χ0) is 20.4. The first-order chi connectivity index (χ1) is 14.0. The first-order valence-corrected chi connectivity index (χ1v) is 9.27. The maximum atomic E-state index is 12.9. The number of ether oxygens (including phenoxy) is 1. The van der Waals surface area contributed by atoms with Crippen molar-refractivity contribution in [1.82, 2.24) is 4.98 Å². The van der Waals surface area contributed by atoms with Crippen molar-refractivity contribution in [2.45, 2.75) is 19.4 Å². The number of fused-ring (bicyclic) bond motifs is 2. The Kier molecular flexibility index (Phi) is 4.95. The molecule has 1 atom stereocenters. The average Bonchev–Trinajstić information content (AvgIpc) is 2.85. The van der Waals surface area contributed by atoms with E-state index < -0.39 is 18.5 Å². The smallest absolute Gasteiger partial charge is 0.357 e. The van der Waals surface area contributed by atoms with Crippen LogP contribution in [0, 0.1) is 0 Å². The summed E-state index contributed by atoms with van der Waals surface area (Å²) in [7, 11) is 0. The van der Waals surface area contributed by atoms with E-state index in [1.165, 1.54) is 4.90 Å². The minimum atomic E-state index is -0.672. The molecule has 7 nitrogen and oxygen atoms in total. The minimum Gasteiger partial charge on any atom is -0.451 e. The van der Waals surface area contributed by atoms with Crippen LogP contribution in [0.4, 0.5) is 11.4 Å². The molecule has 7 heteroatoms. The summed E-state index contributed by atoms with van der Waals surface area (Å²) in [6.45, 7) is 1.34. The van der Waals surface area contributed by atoms with Crippen molar-refractivity contribution in [3.05, 3.63) is 66.4 Å². The van der Waals surface area contributed by atoms with Gasteiger partial charge in [-0.3, -0.25) is 9.59 Å². The number of hydrogen-bond acceptors (Lipinski definition) is 5. The van der Waals surface area contributed by atoms with Gasteiger partial charge in [0.2, 0.25) is 5.91 Å². The van der Waals surface area contributed by atoms with E-state index in [2.05, 4.69) is 10.3 Å². The number of hydrogen-bond donors (Lipinski definition) is 1. The number of esters is 1. The Bertz CT molecular complexity index is 1110. The predicted octanol–water partition coefficient (Wildman–Crippen LogP) is 3.16. The number of pyridine rings is 1. The molecule has 4 rings (SSSR count). The molecule has 0 unspecified atom stereocenters. The van der Waals surface area contributed by atoms with Crippen LogP contribution >= 0.6 is 0 Å². The van der Waals surface area contributed by atoms with Crippen molar-refractivity contribution < 1.29 is 19.1 Å². The quantitative estimate of drug-likeness (QED) is 0.695. The molecule has 0 radical (unpaired) electrons. The highest BCUT2D eigenvalue weighted by Gasteiger charge is 2.30. The summed E-state index contributed by atoms with van der Waals surface area (Å²) >= 11 is 0. The normalized spacial score (nSPS) is 16.0. The van der Waals surface area contributed by atoms with E-state index in [-0.39, 0.29) is 24.1 Å². The van der Waals surface area contributed by atoms with Gasteiger partial charge >= 0.3 is 5.97 Å². The van der Waals surface area contributed by atoms with Crippen LogP contribution in [0.25, 0.3) is 10.9 Å². The summed E-state index contributed by atoms with van der Waals surface area (Å²) in [5.41, 5.74) is 1.94. The molecule has 3 aromatic rings. The van der Waals surface area contributed by atoms with Gasteiger partial charge in [0, 0.05) is 17.8 Å². The molecule has 0 bridgehead atoms. The molecule has 2 amide bonds. The Morgan fingerprint density at radius 2 is 1.86 bits per heavy atom. The summed E-state index contributed by atoms with van der Waals surface area (Å²) in [4.78, 5) is 43.1. The second-order valence-electron chi connectivity index (χ2n) is 6.85. The maximum Gasteiger partial charge on any atom is 0.357 e. The molecule has 2 aromatic carbocycles. The summed E-state index contributed by atoms with van der Waals surface area (Å²) in [5, 5.41) is 3.70. The van der Waals surface area contributed by atoms with Crippen LogP contribution in [-0.4, -0.2) is 35.4 Å². The molecular weight excluding hydrogens is 370 g/mol. The number of nitrogens with zero attached hydrogens (tertiary/aromatic N) is 2. The highest BCUT2D eigenvalue weighted by Crippen LogP contribution is 2.31. The molecule has 0 fully saturated rings. The van der Waals surface area contributed by atoms with Gasteiger partial charge in [-0.15, -0.1) is 0 Å². The van der Waals surface area contributed by atoms with E-state index in [0.717, 1.165) is 5.39 Å². The summed E-state index contributed by atoms with van der Waals surface area (Å²) < 4.78 is 5.23. The van der Waals surface area contributed by atoms with Gasteiger partial charge in [0.15, 0.2) is 6.61 Å². The van der Waals surface area contributed by atoms with Crippen molar-refractivity contribution in [3.8, 4) is 0 Å².